The van der Waals surface area contributed by atoms with Crippen molar-refractivity contribution in [3.8, 4) is 0 Å². The van der Waals surface area contributed by atoms with E-state index in [1.807, 2.05) is 19.9 Å². The minimum Gasteiger partial charge on any atom is -0.349 e. The van der Waals surface area contributed by atoms with E-state index in [1.54, 1.807) is 12.1 Å². The standard InChI is InChI=1S/C12H12FNS/c1-7(2)12-11-8(6-10(15)14-12)4-3-5-9(11)13/h3-7H,1-2H3,(H,14,15). The highest BCUT2D eigenvalue weighted by Gasteiger charge is 2.09. The second kappa shape index (κ2) is 3.74. The topological polar surface area (TPSA) is 15.8 Å². The van der Waals surface area contributed by atoms with Crippen LogP contribution in [0.1, 0.15) is 25.5 Å². The van der Waals surface area contributed by atoms with Crippen molar-refractivity contribution in [2.45, 2.75) is 19.8 Å². The Morgan fingerprint density at radius 1 is 1.33 bits per heavy atom. The van der Waals surface area contributed by atoms with E-state index in [4.69, 9.17) is 12.2 Å². The largest absolute Gasteiger partial charge is 0.349 e. The van der Waals surface area contributed by atoms with Crippen LogP contribution in [0.15, 0.2) is 24.3 Å². The number of hydrogen-bond donors (Lipinski definition) is 1. The van der Waals surface area contributed by atoms with Crippen molar-refractivity contribution in [1.29, 1.82) is 0 Å². The molecule has 0 radical (unpaired) electrons. The Kier molecular flexibility index (Phi) is 2.57. The molecule has 1 heterocycles. The zero-order valence-corrected chi connectivity index (χ0v) is 9.49. The van der Waals surface area contributed by atoms with Crippen LogP contribution >= 0.6 is 12.2 Å². The van der Waals surface area contributed by atoms with Gasteiger partial charge in [-0.15, -0.1) is 0 Å². The molecule has 1 nitrogen and oxygen atoms in total. The van der Waals surface area contributed by atoms with Gasteiger partial charge in [0, 0.05) is 11.1 Å². The number of H-pyrrole nitrogens is 1. The third kappa shape index (κ3) is 1.79. The molecule has 0 aliphatic rings. The van der Waals surface area contributed by atoms with Gasteiger partial charge >= 0.3 is 0 Å². The van der Waals surface area contributed by atoms with Gasteiger partial charge in [0.2, 0.25) is 0 Å². The van der Waals surface area contributed by atoms with E-state index in [9.17, 15) is 4.39 Å². The van der Waals surface area contributed by atoms with E-state index < -0.39 is 0 Å². The van der Waals surface area contributed by atoms with E-state index in [2.05, 4.69) is 4.98 Å². The number of hydrogen-bond acceptors (Lipinski definition) is 1. The molecule has 15 heavy (non-hydrogen) atoms. The number of benzene rings is 1. The maximum atomic E-state index is 13.7. The predicted octanol–water partition coefficient (Wildman–Crippen LogP) is 4.16. The number of halogens is 1. The Hall–Kier alpha value is -1.22. The van der Waals surface area contributed by atoms with Crippen LogP contribution in [-0.4, -0.2) is 4.98 Å². The van der Waals surface area contributed by atoms with Gasteiger partial charge in [0.05, 0.1) is 0 Å². The SMILES string of the molecule is CC(C)c1[nH]c(=S)cc2cccc(F)c12. The van der Waals surface area contributed by atoms with Crippen LogP contribution in [0.25, 0.3) is 10.8 Å². The lowest BCUT2D eigenvalue weighted by molar-refractivity contribution is 0.636. The highest BCUT2D eigenvalue weighted by molar-refractivity contribution is 7.71. The van der Waals surface area contributed by atoms with E-state index >= 15 is 0 Å². The van der Waals surface area contributed by atoms with Gasteiger partial charge in [-0.1, -0.05) is 38.2 Å². The molecule has 1 N–H and O–H groups in total. The monoisotopic (exact) mass is 221 g/mol. The van der Waals surface area contributed by atoms with Crippen LogP contribution in [-0.2, 0) is 0 Å². The van der Waals surface area contributed by atoms with Crippen LogP contribution < -0.4 is 0 Å². The van der Waals surface area contributed by atoms with Gasteiger partial charge in [-0.05, 0) is 23.4 Å². The molecule has 0 saturated heterocycles. The minimum atomic E-state index is -0.192. The zero-order valence-electron chi connectivity index (χ0n) is 8.67. The summed E-state index contributed by atoms with van der Waals surface area (Å²) in [6, 6.07) is 6.86. The Morgan fingerprint density at radius 3 is 2.73 bits per heavy atom. The zero-order chi connectivity index (χ0) is 11.0. The van der Waals surface area contributed by atoms with Crippen molar-refractivity contribution in [3.05, 3.63) is 40.4 Å². The summed E-state index contributed by atoms with van der Waals surface area (Å²) in [6.45, 7) is 4.04. The first-order valence-corrected chi connectivity index (χ1v) is 5.32. The summed E-state index contributed by atoms with van der Waals surface area (Å²) in [6.07, 6.45) is 0. The second-order valence-electron chi connectivity index (χ2n) is 3.91. The Labute approximate surface area is 93.0 Å². The molecule has 0 unspecified atom stereocenters. The molecule has 3 heteroatoms. The first-order chi connectivity index (χ1) is 7.09. The highest BCUT2D eigenvalue weighted by Crippen LogP contribution is 2.25. The molecule has 78 valence electrons. The number of pyridine rings is 1. The normalized spacial score (nSPS) is 11.2. The lowest BCUT2D eigenvalue weighted by atomic mass is 10.0. The molecule has 0 aliphatic carbocycles. The summed E-state index contributed by atoms with van der Waals surface area (Å²) < 4.78 is 14.3. The van der Waals surface area contributed by atoms with Crippen molar-refractivity contribution < 1.29 is 4.39 Å². The average molecular weight is 221 g/mol. The molecule has 0 saturated carbocycles. The third-order valence-corrected chi connectivity index (χ3v) is 2.66. The lowest BCUT2D eigenvalue weighted by Gasteiger charge is -2.10. The van der Waals surface area contributed by atoms with Gasteiger partial charge < -0.3 is 4.98 Å². The van der Waals surface area contributed by atoms with Gasteiger partial charge in [-0.3, -0.25) is 0 Å². The maximum absolute atomic E-state index is 13.7. The predicted molar refractivity (Wildman–Crippen MR) is 63.2 cm³/mol. The van der Waals surface area contributed by atoms with Gasteiger partial charge in [-0.2, -0.15) is 0 Å². The minimum absolute atomic E-state index is 0.192. The molecule has 1 aromatic heterocycles. The molecule has 0 spiro atoms. The van der Waals surface area contributed by atoms with Crippen LogP contribution in [0.4, 0.5) is 4.39 Å². The smallest absolute Gasteiger partial charge is 0.132 e. The van der Waals surface area contributed by atoms with Gasteiger partial charge in [0.25, 0.3) is 0 Å². The fraction of sp³-hybridized carbons (Fsp3) is 0.250. The van der Waals surface area contributed by atoms with Gasteiger partial charge in [-0.25, -0.2) is 4.39 Å². The van der Waals surface area contributed by atoms with Gasteiger partial charge in [0.15, 0.2) is 0 Å². The van der Waals surface area contributed by atoms with E-state index in [0.29, 0.717) is 10.0 Å². The van der Waals surface area contributed by atoms with Crippen LogP contribution in [0.3, 0.4) is 0 Å². The van der Waals surface area contributed by atoms with Crippen molar-refractivity contribution in [1.82, 2.24) is 4.98 Å². The van der Waals surface area contributed by atoms with Crippen LogP contribution in [0.2, 0.25) is 0 Å². The number of aromatic nitrogens is 1. The molecule has 2 aromatic rings. The van der Waals surface area contributed by atoms with E-state index in [1.165, 1.54) is 6.07 Å². The quantitative estimate of drug-likeness (QED) is 0.715. The molecule has 0 bridgehead atoms. The van der Waals surface area contributed by atoms with Crippen molar-refractivity contribution in [2.75, 3.05) is 0 Å². The first-order valence-electron chi connectivity index (χ1n) is 4.91. The molecule has 0 aliphatic heterocycles. The number of fused-ring (bicyclic) bond motifs is 1. The fourth-order valence-electron chi connectivity index (χ4n) is 1.75. The highest BCUT2D eigenvalue weighted by atomic mass is 32.1. The molecular formula is C12H12FNS. The average Bonchev–Trinajstić information content (AvgIpc) is 2.16. The summed E-state index contributed by atoms with van der Waals surface area (Å²) in [5.41, 5.74) is 0.871. The van der Waals surface area contributed by atoms with Crippen LogP contribution in [0.5, 0.6) is 0 Å². The lowest BCUT2D eigenvalue weighted by Crippen LogP contribution is -1.96. The first kappa shape index (κ1) is 10.3. The number of nitrogens with one attached hydrogen (secondary N) is 1. The Morgan fingerprint density at radius 2 is 2.07 bits per heavy atom. The summed E-state index contributed by atoms with van der Waals surface area (Å²) in [4.78, 5) is 3.07. The second-order valence-corrected chi connectivity index (χ2v) is 4.35. The molecule has 0 fully saturated rings. The number of aromatic amines is 1. The van der Waals surface area contributed by atoms with Crippen molar-refractivity contribution >= 4 is 23.0 Å². The van der Waals surface area contributed by atoms with Crippen molar-refractivity contribution in [2.24, 2.45) is 0 Å². The summed E-state index contributed by atoms with van der Waals surface area (Å²) in [5, 5.41) is 1.52. The Bertz CT molecular complexity index is 557. The summed E-state index contributed by atoms with van der Waals surface area (Å²) >= 11 is 5.11. The summed E-state index contributed by atoms with van der Waals surface area (Å²) in [7, 11) is 0. The van der Waals surface area contributed by atoms with Crippen molar-refractivity contribution in [3.63, 3.8) is 0 Å². The number of rotatable bonds is 1. The van der Waals surface area contributed by atoms with E-state index in [0.717, 1.165) is 11.1 Å². The molecule has 1 aromatic carbocycles. The fourth-order valence-corrected chi connectivity index (χ4v) is 1.99. The molecule has 0 amide bonds. The van der Waals surface area contributed by atoms with Gasteiger partial charge in [0.1, 0.15) is 10.5 Å². The van der Waals surface area contributed by atoms with E-state index in [-0.39, 0.29) is 11.7 Å². The summed E-state index contributed by atoms with van der Waals surface area (Å²) in [5.74, 6) is 0.0368. The van der Waals surface area contributed by atoms with Crippen LogP contribution in [0, 0.1) is 10.5 Å². The third-order valence-electron chi connectivity index (χ3n) is 2.44. The Balaban J connectivity index is 2.94. The maximum Gasteiger partial charge on any atom is 0.132 e. The molecule has 0 atom stereocenters. The molecular weight excluding hydrogens is 209 g/mol. The molecule has 2 rings (SSSR count).